The van der Waals surface area contributed by atoms with E-state index in [4.69, 9.17) is 9.84 Å². The van der Waals surface area contributed by atoms with Crippen LogP contribution in [0.4, 0.5) is 5.13 Å². The molecule has 0 spiro atoms. The van der Waals surface area contributed by atoms with Gasteiger partial charge in [0.1, 0.15) is 0 Å². The summed E-state index contributed by atoms with van der Waals surface area (Å²) in [5, 5.41) is 11.9. The number of carbonyl (C=O) groups is 1. The quantitative estimate of drug-likeness (QED) is 0.778. The predicted molar refractivity (Wildman–Crippen MR) is 75.0 cm³/mol. The number of methoxy groups -OCH3 is 1. The average Bonchev–Trinajstić information content (AvgIpc) is 2.84. The van der Waals surface area contributed by atoms with Crippen molar-refractivity contribution in [3.8, 4) is 11.8 Å². The zero-order valence-corrected chi connectivity index (χ0v) is 11.9. The lowest BCUT2D eigenvalue weighted by Crippen LogP contribution is -2.14. The molecule has 5 nitrogen and oxygen atoms in total. The number of anilines is 1. The Morgan fingerprint density at radius 2 is 2.47 bits per heavy atom. The van der Waals surface area contributed by atoms with Crippen LogP contribution in [0, 0.1) is 11.8 Å². The summed E-state index contributed by atoms with van der Waals surface area (Å²) in [5.74, 6) is 5.60. The molecule has 0 saturated heterocycles. The van der Waals surface area contributed by atoms with Crippen LogP contribution >= 0.6 is 11.3 Å². The van der Waals surface area contributed by atoms with E-state index in [-0.39, 0.29) is 18.6 Å². The van der Waals surface area contributed by atoms with E-state index in [9.17, 15) is 4.79 Å². The molecule has 0 radical (unpaired) electrons. The second-order valence-corrected chi connectivity index (χ2v) is 4.97. The van der Waals surface area contributed by atoms with Crippen molar-refractivity contribution >= 4 is 22.4 Å². The minimum absolute atomic E-state index is 0.0487. The Hall–Kier alpha value is -1.42. The van der Waals surface area contributed by atoms with Crippen LogP contribution in [0.15, 0.2) is 6.20 Å². The minimum atomic E-state index is -0.0758. The first-order valence-corrected chi connectivity index (χ1v) is 6.85. The van der Waals surface area contributed by atoms with Gasteiger partial charge in [0.25, 0.3) is 0 Å². The van der Waals surface area contributed by atoms with E-state index in [0.717, 1.165) is 4.88 Å². The standard InChI is InChI=1S/C13H18N2O3S/c1-10(18-2)6-7-12(17)15-13-14-9-11(19-13)5-3-4-8-16/h9-10,16H,4,6-8H2,1-2H3,(H,14,15,17). The molecule has 1 aromatic heterocycles. The normalized spacial score (nSPS) is 11.5. The number of aliphatic hydroxyl groups excluding tert-OH is 1. The molecule has 0 bridgehead atoms. The number of hydrogen-bond acceptors (Lipinski definition) is 5. The van der Waals surface area contributed by atoms with Crippen molar-refractivity contribution in [2.75, 3.05) is 19.0 Å². The van der Waals surface area contributed by atoms with Gasteiger partial charge in [-0.25, -0.2) is 4.98 Å². The average molecular weight is 282 g/mol. The lowest BCUT2D eigenvalue weighted by Gasteiger charge is -2.07. The van der Waals surface area contributed by atoms with E-state index in [1.807, 2.05) is 6.92 Å². The summed E-state index contributed by atoms with van der Waals surface area (Å²) in [6.07, 6.45) is 3.20. The molecule has 0 aliphatic carbocycles. The second-order valence-electron chi connectivity index (χ2n) is 3.94. The van der Waals surface area contributed by atoms with Gasteiger partial charge in [0.2, 0.25) is 5.91 Å². The van der Waals surface area contributed by atoms with Crippen molar-refractivity contribution in [2.24, 2.45) is 0 Å². The summed E-state index contributed by atoms with van der Waals surface area (Å²) in [6, 6.07) is 0. The van der Waals surface area contributed by atoms with Crippen LogP contribution in [0.3, 0.4) is 0 Å². The van der Waals surface area contributed by atoms with Crippen LogP contribution in [-0.2, 0) is 9.53 Å². The van der Waals surface area contributed by atoms with Crippen molar-refractivity contribution in [2.45, 2.75) is 32.3 Å². The summed E-state index contributed by atoms with van der Waals surface area (Å²) in [7, 11) is 1.63. The number of aromatic nitrogens is 1. The van der Waals surface area contributed by atoms with Crippen LogP contribution in [0.1, 0.15) is 31.1 Å². The highest BCUT2D eigenvalue weighted by atomic mass is 32.1. The van der Waals surface area contributed by atoms with Gasteiger partial charge in [-0.3, -0.25) is 4.79 Å². The van der Waals surface area contributed by atoms with E-state index >= 15 is 0 Å². The number of rotatable bonds is 6. The molecule has 104 valence electrons. The molecule has 1 rings (SSSR count). The van der Waals surface area contributed by atoms with Crippen LogP contribution in [-0.4, -0.2) is 35.8 Å². The van der Waals surface area contributed by atoms with E-state index in [1.54, 1.807) is 13.3 Å². The van der Waals surface area contributed by atoms with Crippen molar-refractivity contribution < 1.29 is 14.6 Å². The Labute approximate surface area is 117 Å². The lowest BCUT2D eigenvalue weighted by atomic mass is 10.2. The third kappa shape index (κ3) is 6.34. The highest BCUT2D eigenvalue weighted by Crippen LogP contribution is 2.17. The summed E-state index contributed by atoms with van der Waals surface area (Å²) < 4.78 is 5.08. The largest absolute Gasteiger partial charge is 0.395 e. The SMILES string of the molecule is COC(C)CCC(=O)Nc1ncc(C#CCCO)s1. The van der Waals surface area contributed by atoms with Gasteiger partial charge in [-0.15, -0.1) is 0 Å². The summed E-state index contributed by atoms with van der Waals surface area (Å²) in [6.45, 7) is 1.97. The van der Waals surface area contributed by atoms with Crippen LogP contribution in [0.25, 0.3) is 0 Å². The Morgan fingerprint density at radius 3 is 3.16 bits per heavy atom. The maximum Gasteiger partial charge on any atom is 0.226 e. The highest BCUT2D eigenvalue weighted by molar-refractivity contribution is 7.16. The fourth-order valence-corrected chi connectivity index (χ4v) is 1.94. The third-order valence-electron chi connectivity index (χ3n) is 2.38. The molecular formula is C13H18N2O3S. The zero-order chi connectivity index (χ0) is 14.1. The second kappa shape index (κ2) is 8.64. The number of hydrogen-bond donors (Lipinski definition) is 2. The Kier molecular flexibility index (Phi) is 7.11. The Balaban J connectivity index is 2.41. The fourth-order valence-electron chi connectivity index (χ4n) is 1.23. The lowest BCUT2D eigenvalue weighted by molar-refractivity contribution is -0.116. The van der Waals surface area contributed by atoms with Crippen LogP contribution in [0.5, 0.6) is 0 Å². The van der Waals surface area contributed by atoms with Crippen molar-refractivity contribution in [3.63, 3.8) is 0 Å². The molecule has 1 atom stereocenters. The fraction of sp³-hybridized carbons (Fsp3) is 0.538. The summed E-state index contributed by atoms with van der Waals surface area (Å²) in [5.41, 5.74) is 0. The maximum absolute atomic E-state index is 11.6. The zero-order valence-electron chi connectivity index (χ0n) is 11.1. The summed E-state index contributed by atoms with van der Waals surface area (Å²) >= 11 is 1.32. The molecule has 1 amide bonds. The van der Waals surface area contributed by atoms with E-state index < -0.39 is 0 Å². The molecule has 0 aliphatic heterocycles. The first-order valence-electron chi connectivity index (χ1n) is 6.04. The topological polar surface area (TPSA) is 71.5 Å². The minimum Gasteiger partial charge on any atom is -0.395 e. The Bertz CT molecular complexity index is 462. The molecular weight excluding hydrogens is 264 g/mol. The molecule has 0 fully saturated rings. The van der Waals surface area contributed by atoms with Crippen LogP contribution < -0.4 is 5.32 Å². The number of carbonyl (C=O) groups excluding carboxylic acids is 1. The number of aliphatic hydroxyl groups is 1. The van der Waals surface area contributed by atoms with Gasteiger partial charge >= 0.3 is 0 Å². The molecule has 0 saturated carbocycles. The molecule has 0 aliphatic rings. The maximum atomic E-state index is 11.6. The monoisotopic (exact) mass is 282 g/mol. The number of ether oxygens (including phenoxy) is 1. The number of amides is 1. The van der Waals surface area contributed by atoms with Crippen LogP contribution in [0.2, 0.25) is 0 Å². The predicted octanol–water partition coefficient (Wildman–Crippen LogP) is 1.63. The molecule has 1 heterocycles. The third-order valence-corrected chi connectivity index (χ3v) is 3.21. The van der Waals surface area contributed by atoms with Gasteiger partial charge in [-0.1, -0.05) is 23.2 Å². The molecule has 6 heteroatoms. The van der Waals surface area contributed by atoms with Crippen molar-refractivity contribution in [1.29, 1.82) is 0 Å². The van der Waals surface area contributed by atoms with Gasteiger partial charge in [-0.05, 0) is 13.3 Å². The molecule has 19 heavy (non-hydrogen) atoms. The highest BCUT2D eigenvalue weighted by Gasteiger charge is 2.08. The van der Waals surface area contributed by atoms with E-state index in [1.165, 1.54) is 11.3 Å². The van der Waals surface area contributed by atoms with Crippen molar-refractivity contribution in [1.82, 2.24) is 4.98 Å². The van der Waals surface area contributed by atoms with Gasteiger partial charge in [0.05, 0.1) is 23.8 Å². The van der Waals surface area contributed by atoms with Gasteiger partial charge in [0, 0.05) is 20.0 Å². The smallest absolute Gasteiger partial charge is 0.226 e. The van der Waals surface area contributed by atoms with E-state index in [2.05, 4.69) is 22.1 Å². The van der Waals surface area contributed by atoms with Gasteiger partial charge in [-0.2, -0.15) is 0 Å². The first kappa shape index (κ1) is 15.6. The molecule has 2 N–H and O–H groups in total. The first-order chi connectivity index (χ1) is 9.15. The summed E-state index contributed by atoms with van der Waals surface area (Å²) in [4.78, 5) is 16.5. The molecule has 1 unspecified atom stereocenters. The molecule has 0 aromatic carbocycles. The van der Waals surface area contributed by atoms with Gasteiger partial charge in [0.15, 0.2) is 5.13 Å². The van der Waals surface area contributed by atoms with Crippen molar-refractivity contribution in [3.05, 3.63) is 11.1 Å². The number of nitrogens with zero attached hydrogens (tertiary/aromatic N) is 1. The number of nitrogens with one attached hydrogen (secondary N) is 1. The molecule has 1 aromatic rings. The van der Waals surface area contributed by atoms with E-state index in [0.29, 0.717) is 24.4 Å². The Morgan fingerprint density at radius 1 is 1.68 bits per heavy atom. The van der Waals surface area contributed by atoms with Gasteiger partial charge < -0.3 is 15.2 Å². The number of thiazole rings is 1.